The van der Waals surface area contributed by atoms with E-state index in [2.05, 4.69) is 35.0 Å². The quantitative estimate of drug-likeness (QED) is 0.0235. The van der Waals surface area contributed by atoms with Crippen molar-refractivity contribution in [1.82, 2.24) is 16.0 Å². The third-order valence-electron chi connectivity index (χ3n) is 10.6. The molecule has 0 aromatic rings. The van der Waals surface area contributed by atoms with E-state index in [0.717, 1.165) is 32.1 Å². The Hall–Kier alpha value is -2.07. The number of hydrogen-bond donors (Lipinski definition) is 5. The molecule has 0 radical (unpaired) electrons. The van der Waals surface area contributed by atoms with Gasteiger partial charge in [-0.25, -0.2) is 0 Å². The van der Waals surface area contributed by atoms with E-state index < -0.39 is 30.2 Å². The molecule has 0 saturated heterocycles. The molecule has 5 N–H and O–H groups in total. The Morgan fingerprint density at radius 3 is 1.30 bits per heavy atom. The van der Waals surface area contributed by atoms with Gasteiger partial charge in [-0.3, -0.25) is 19.7 Å². The minimum absolute atomic E-state index is 0.0429. The molecular formula is C44H86N4O6. The predicted octanol–water partition coefficient (Wildman–Crippen LogP) is 11.0. The van der Waals surface area contributed by atoms with Crippen LogP contribution < -0.4 is 16.0 Å². The van der Waals surface area contributed by atoms with Gasteiger partial charge in [-0.2, -0.15) is 0 Å². The van der Waals surface area contributed by atoms with Crippen molar-refractivity contribution in [1.29, 1.82) is 0 Å². The Balaban J connectivity index is 4.31. The summed E-state index contributed by atoms with van der Waals surface area (Å²) in [5.41, 5.74) is 0. The van der Waals surface area contributed by atoms with Gasteiger partial charge in [0.25, 0.3) is 0 Å². The standard InChI is InChI=1S/C44H86N4O6/c1-3-5-7-9-11-13-15-17-19-21-23-25-27-29-31-33-41(49)45-37-39(38-46-44(53)40(48-54)35-36-43(51)52)47-42(50)34-32-30-28-26-24-22-20-18-16-14-12-10-8-6-4-2/h39-41,45,49H,3-38H2,1-2H3,(H,46,53)(H,47,50)(H,51,52). The SMILES string of the molecule is CCCCCCCCCCCCCCCCCC(=O)NC(CNC(=O)C(CCC(=O)O)N=O)CNC(O)CCCCCCCCCCCCCCCCC. The van der Waals surface area contributed by atoms with E-state index in [-0.39, 0.29) is 31.8 Å². The van der Waals surface area contributed by atoms with E-state index in [0.29, 0.717) is 12.8 Å². The number of aliphatic carboxylic acids is 1. The summed E-state index contributed by atoms with van der Waals surface area (Å²) in [5.74, 6) is -1.88. The molecular weight excluding hydrogens is 681 g/mol. The number of nitrogens with zero attached hydrogens (tertiary/aromatic N) is 1. The number of carboxylic acid groups (broad SMARTS) is 1. The molecule has 10 heteroatoms. The zero-order chi connectivity index (χ0) is 39.7. The molecule has 0 aromatic carbocycles. The molecule has 0 saturated carbocycles. The van der Waals surface area contributed by atoms with Gasteiger partial charge in [-0.15, -0.1) is 4.91 Å². The maximum atomic E-state index is 12.8. The van der Waals surface area contributed by atoms with Crippen molar-refractivity contribution in [2.75, 3.05) is 13.1 Å². The fraction of sp³-hybridized carbons (Fsp3) is 0.932. The first-order valence-electron chi connectivity index (χ1n) is 22.9. The maximum absolute atomic E-state index is 12.8. The highest BCUT2D eigenvalue weighted by atomic mass is 16.4. The summed E-state index contributed by atoms with van der Waals surface area (Å²) in [6.07, 6.45) is 37.9. The molecule has 0 fully saturated rings. The zero-order valence-corrected chi connectivity index (χ0v) is 35.2. The molecule has 0 bridgehead atoms. The summed E-state index contributed by atoms with van der Waals surface area (Å²) in [5, 5.41) is 31.0. The second-order valence-electron chi connectivity index (χ2n) is 15.9. The van der Waals surface area contributed by atoms with Crippen molar-refractivity contribution in [3.05, 3.63) is 4.91 Å². The van der Waals surface area contributed by atoms with Crippen LogP contribution in [0, 0.1) is 4.91 Å². The van der Waals surface area contributed by atoms with Gasteiger partial charge in [0.15, 0.2) is 6.04 Å². The predicted molar refractivity (Wildman–Crippen MR) is 224 cm³/mol. The van der Waals surface area contributed by atoms with Crippen LogP contribution in [0.5, 0.6) is 0 Å². The molecule has 318 valence electrons. The van der Waals surface area contributed by atoms with Crippen LogP contribution in [-0.4, -0.2) is 59.4 Å². The number of unbranched alkanes of at least 4 members (excludes halogenated alkanes) is 28. The molecule has 54 heavy (non-hydrogen) atoms. The lowest BCUT2D eigenvalue weighted by molar-refractivity contribution is -0.137. The number of nitroso groups, excluding NO2 is 1. The topological polar surface area (TPSA) is 157 Å². The summed E-state index contributed by atoms with van der Waals surface area (Å²) in [4.78, 5) is 47.4. The second kappa shape index (κ2) is 40.6. The Kier molecular flexibility index (Phi) is 39.0. The number of carboxylic acids is 1. The van der Waals surface area contributed by atoms with Gasteiger partial charge in [-0.05, 0) is 25.7 Å². The fourth-order valence-electron chi connectivity index (χ4n) is 7.05. The van der Waals surface area contributed by atoms with Gasteiger partial charge >= 0.3 is 5.97 Å². The average molecular weight is 767 g/mol. The van der Waals surface area contributed by atoms with E-state index in [1.54, 1.807) is 0 Å². The van der Waals surface area contributed by atoms with E-state index in [1.165, 1.54) is 161 Å². The van der Waals surface area contributed by atoms with Crippen LogP contribution in [0.15, 0.2) is 5.18 Å². The minimum Gasteiger partial charge on any atom is -0.481 e. The zero-order valence-electron chi connectivity index (χ0n) is 35.2. The van der Waals surface area contributed by atoms with Gasteiger partial charge in [0.2, 0.25) is 11.8 Å². The summed E-state index contributed by atoms with van der Waals surface area (Å²) in [6, 6.07) is -1.80. The number of amides is 2. The number of carbonyl (C=O) groups excluding carboxylic acids is 2. The largest absolute Gasteiger partial charge is 0.481 e. The van der Waals surface area contributed by atoms with Gasteiger partial charge in [-0.1, -0.05) is 199 Å². The molecule has 0 heterocycles. The van der Waals surface area contributed by atoms with Crippen molar-refractivity contribution >= 4 is 17.8 Å². The first kappa shape index (κ1) is 51.9. The molecule has 3 atom stereocenters. The molecule has 0 spiro atoms. The van der Waals surface area contributed by atoms with Gasteiger partial charge < -0.3 is 20.8 Å². The van der Waals surface area contributed by atoms with E-state index in [4.69, 9.17) is 5.11 Å². The third-order valence-corrected chi connectivity index (χ3v) is 10.6. The normalized spacial score (nSPS) is 13.0. The van der Waals surface area contributed by atoms with Crippen LogP contribution in [-0.2, 0) is 14.4 Å². The molecule has 0 rings (SSSR count). The molecule has 3 unspecified atom stereocenters. The molecule has 10 nitrogen and oxygen atoms in total. The molecule has 2 amide bonds. The van der Waals surface area contributed by atoms with E-state index >= 15 is 0 Å². The van der Waals surface area contributed by atoms with Crippen molar-refractivity contribution in [3.8, 4) is 0 Å². The highest BCUT2D eigenvalue weighted by Crippen LogP contribution is 2.15. The van der Waals surface area contributed by atoms with Crippen molar-refractivity contribution in [3.63, 3.8) is 0 Å². The van der Waals surface area contributed by atoms with Crippen LogP contribution in [0.3, 0.4) is 0 Å². The Bertz CT molecular complexity index is 876. The highest BCUT2D eigenvalue weighted by Gasteiger charge is 2.22. The number of carbonyl (C=O) groups is 3. The van der Waals surface area contributed by atoms with Crippen LogP contribution >= 0.6 is 0 Å². The van der Waals surface area contributed by atoms with Crippen molar-refractivity contribution in [2.24, 2.45) is 5.18 Å². The lowest BCUT2D eigenvalue weighted by Gasteiger charge is -2.22. The van der Waals surface area contributed by atoms with E-state index in [1.807, 2.05) is 0 Å². The van der Waals surface area contributed by atoms with Gasteiger partial charge in [0.1, 0.15) is 6.23 Å². The number of nitrogens with one attached hydrogen (secondary N) is 3. The maximum Gasteiger partial charge on any atom is 0.303 e. The average Bonchev–Trinajstić information content (AvgIpc) is 3.15. The minimum atomic E-state index is -1.30. The number of aliphatic hydroxyl groups excluding tert-OH is 1. The fourth-order valence-corrected chi connectivity index (χ4v) is 7.05. The monoisotopic (exact) mass is 767 g/mol. The molecule has 0 aliphatic carbocycles. The third kappa shape index (κ3) is 36.9. The number of aliphatic hydroxyl groups is 1. The van der Waals surface area contributed by atoms with Crippen LogP contribution in [0.4, 0.5) is 0 Å². The van der Waals surface area contributed by atoms with Crippen molar-refractivity contribution < 1.29 is 24.6 Å². The molecule has 0 aromatic heterocycles. The number of hydrogen-bond acceptors (Lipinski definition) is 7. The summed E-state index contributed by atoms with van der Waals surface area (Å²) < 4.78 is 0. The van der Waals surface area contributed by atoms with Gasteiger partial charge in [0.05, 0.1) is 6.04 Å². The van der Waals surface area contributed by atoms with Gasteiger partial charge in [0, 0.05) is 25.9 Å². The first-order valence-corrected chi connectivity index (χ1v) is 22.9. The Morgan fingerprint density at radius 1 is 0.519 bits per heavy atom. The second-order valence-corrected chi connectivity index (χ2v) is 15.9. The first-order chi connectivity index (χ1) is 26.3. The lowest BCUT2D eigenvalue weighted by Crippen LogP contribution is -2.51. The Labute approximate surface area is 331 Å². The number of rotatable bonds is 43. The summed E-state index contributed by atoms with van der Waals surface area (Å²) in [6.45, 7) is 4.81. The van der Waals surface area contributed by atoms with Crippen LogP contribution in [0.1, 0.15) is 232 Å². The lowest BCUT2D eigenvalue weighted by atomic mass is 10.0. The molecule has 0 aliphatic rings. The molecule has 0 aliphatic heterocycles. The smallest absolute Gasteiger partial charge is 0.303 e. The van der Waals surface area contributed by atoms with Crippen LogP contribution in [0.25, 0.3) is 0 Å². The van der Waals surface area contributed by atoms with E-state index in [9.17, 15) is 24.4 Å². The van der Waals surface area contributed by atoms with Crippen molar-refractivity contribution in [2.45, 2.75) is 250 Å². The Morgan fingerprint density at radius 2 is 0.907 bits per heavy atom. The van der Waals surface area contributed by atoms with Crippen LogP contribution in [0.2, 0.25) is 0 Å². The summed E-state index contributed by atoms with van der Waals surface area (Å²) in [7, 11) is 0. The summed E-state index contributed by atoms with van der Waals surface area (Å²) >= 11 is 0. The highest BCUT2D eigenvalue weighted by molar-refractivity contribution is 5.82.